The number of pyridine rings is 1. The van der Waals surface area contributed by atoms with Crippen molar-refractivity contribution in [3.8, 4) is 6.07 Å². The van der Waals surface area contributed by atoms with Crippen molar-refractivity contribution in [1.29, 1.82) is 5.26 Å². The Morgan fingerprint density at radius 3 is 2.58 bits per heavy atom. The first-order valence-electron chi connectivity index (χ1n) is 8.16. The summed E-state index contributed by atoms with van der Waals surface area (Å²) >= 11 is 0. The number of nitriles is 1. The minimum atomic E-state index is -3.52. The topological polar surface area (TPSA) is 103 Å². The minimum absolute atomic E-state index is 0.147. The summed E-state index contributed by atoms with van der Waals surface area (Å²) in [5, 5.41) is 13.1. The van der Waals surface area contributed by atoms with Crippen molar-refractivity contribution in [2.24, 2.45) is 12.1 Å². The molecule has 26 heavy (non-hydrogen) atoms. The average Bonchev–Trinajstić information content (AvgIpc) is 2.91. The van der Waals surface area contributed by atoms with E-state index in [-0.39, 0.29) is 4.90 Å². The summed E-state index contributed by atoms with van der Waals surface area (Å²) < 4.78 is 28.0. The molecule has 0 aliphatic rings. The van der Waals surface area contributed by atoms with E-state index in [2.05, 4.69) is 21.6 Å². The van der Waals surface area contributed by atoms with E-state index >= 15 is 0 Å². The first-order valence-corrected chi connectivity index (χ1v) is 9.60. The number of aromatic nitrogens is 2. The first kappa shape index (κ1) is 19.6. The van der Waals surface area contributed by atoms with Crippen LogP contribution in [0.5, 0.6) is 0 Å². The lowest BCUT2D eigenvalue weighted by Crippen LogP contribution is -2.30. The summed E-state index contributed by atoms with van der Waals surface area (Å²) in [6, 6.07) is 6.92. The van der Waals surface area contributed by atoms with Gasteiger partial charge in [-0.1, -0.05) is 13.8 Å². The van der Waals surface area contributed by atoms with E-state index in [1.807, 2.05) is 14.0 Å². The smallest absolute Gasteiger partial charge is 0.244 e. The molecule has 2 rings (SSSR count). The Labute approximate surface area is 153 Å². The van der Waals surface area contributed by atoms with Gasteiger partial charge in [0.2, 0.25) is 10.0 Å². The maximum Gasteiger partial charge on any atom is 0.244 e. The molecule has 0 atom stereocenters. The van der Waals surface area contributed by atoms with Crippen molar-refractivity contribution >= 4 is 22.1 Å². The number of hydrazone groups is 1. The van der Waals surface area contributed by atoms with Crippen LogP contribution in [0.2, 0.25) is 0 Å². The lowest BCUT2D eigenvalue weighted by Gasteiger charge is -2.18. The molecule has 0 amide bonds. The summed E-state index contributed by atoms with van der Waals surface area (Å²) in [5.74, 6) is 0.425. The number of sulfonamides is 1. The van der Waals surface area contributed by atoms with E-state index in [0.29, 0.717) is 24.6 Å². The highest BCUT2D eigenvalue weighted by atomic mass is 32.2. The molecular formula is C17H22N6O2S. The molecule has 0 bridgehead atoms. The number of anilines is 1. The Kier molecular flexibility index (Phi) is 6.13. The van der Waals surface area contributed by atoms with Gasteiger partial charge in [0.1, 0.15) is 22.5 Å². The van der Waals surface area contributed by atoms with Gasteiger partial charge in [-0.3, -0.25) is 5.43 Å². The van der Waals surface area contributed by atoms with Gasteiger partial charge in [-0.2, -0.15) is 14.7 Å². The molecule has 9 heteroatoms. The average molecular weight is 374 g/mol. The number of rotatable bonds is 7. The largest absolute Gasteiger partial charge is 0.339 e. The predicted octanol–water partition coefficient (Wildman–Crippen LogP) is 2.08. The van der Waals surface area contributed by atoms with Crippen LogP contribution in [0.4, 0.5) is 5.82 Å². The van der Waals surface area contributed by atoms with Gasteiger partial charge in [0.15, 0.2) is 0 Å². The molecule has 0 radical (unpaired) electrons. The standard InChI is InChI=1S/C17H22N6O2S/c1-5-23(6-2)26(24,25)16-7-8-17(19-12-16)21-20-11-14-9-15(10-18)22(4)13(14)3/h7-9,11-12H,5-6H2,1-4H3,(H,19,21)/b20-11+. The normalized spacial score (nSPS) is 11.8. The lowest BCUT2D eigenvalue weighted by atomic mass is 10.3. The summed E-state index contributed by atoms with van der Waals surface area (Å²) in [7, 11) is -1.71. The maximum absolute atomic E-state index is 12.4. The molecule has 0 aliphatic carbocycles. The maximum atomic E-state index is 12.4. The summed E-state index contributed by atoms with van der Waals surface area (Å²) in [6.45, 7) is 6.30. The number of nitrogens with one attached hydrogen (secondary N) is 1. The van der Waals surface area contributed by atoms with Gasteiger partial charge in [0.25, 0.3) is 0 Å². The molecule has 0 saturated heterocycles. The first-order chi connectivity index (χ1) is 12.3. The van der Waals surface area contributed by atoms with Crippen LogP contribution in [0.25, 0.3) is 0 Å². The van der Waals surface area contributed by atoms with Gasteiger partial charge in [-0.15, -0.1) is 0 Å². The Hall–Kier alpha value is -2.70. The molecule has 0 aliphatic heterocycles. The number of hydrogen-bond acceptors (Lipinski definition) is 6. The fourth-order valence-electron chi connectivity index (χ4n) is 2.44. The van der Waals surface area contributed by atoms with Crippen molar-refractivity contribution in [3.05, 3.63) is 41.3 Å². The van der Waals surface area contributed by atoms with Crippen LogP contribution in [0.3, 0.4) is 0 Å². The third-order valence-electron chi connectivity index (χ3n) is 4.15. The molecule has 2 aromatic rings. The van der Waals surface area contributed by atoms with Crippen LogP contribution in [-0.2, 0) is 17.1 Å². The molecular weight excluding hydrogens is 352 g/mol. The van der Waals surface area contributed by atoms with Crippen molar-refractivity contribution < 1.29 is 8.42 Å². The van der Waals surface area contributed by atoms with E-state index in [9.17, 15) is 8.42 Å². The van der Waals surface area contributed by atoms with Gasteiger partial charge in [0, 0.05) is 37.6 Å². The number of hydrogen-bond donors (Lipinski definition) is 1. The molecule has 0 aromatic carbocycles. The molecule has 8 nitrogen and oxygen atoms in total. The Bertz CT molecular complexity index is 935. The monoisotopic (exact) mass is 374 g/mol. The Morgan fingerprint density at radius 2 is 2.08 bits per heavy atom. The van der Waals surface area contributed by atoms with E-state index < -0.39 is 10.0 Å². The summed E-state index contributed by atoms with van der Waals surface area (Å²) in [6.07, 6.45) is 2.91. The lowest BCUT2D eigenvalue weighted by molar-refractivity contribution is 0.445. The van der Waals surface area contributed by atoms with E-state index in [1.54, 1.807) is 36.8 Å². The van der Waals surface area contributed by atoms with Gasteiger partial charge < -0.3 is 4.57 Å². The van der Waals surface area contributed by atoms with Crippen LogP contribution in [0.15, 0.2) is 34.4 Å². The predicted molar refractivity (Wildman–Crippen MR) is 100 cm³/mol. The van der Waals surface area contributed by atoms with Gasteiger partial charge in [0.05, 0.1) is 6.21 Å². The van der Waals surface area contributed by atoms with Gasteiger partial charge in [-0.05, 0) is 25.1 Å². The van der Waals surface area contributed by atoms with Gasteiger partial charge >= 0.3 is 0 Å². The van der Waals surface area contributed by atoms with Crippen LogP contribution in [0.1, 0.15) is 30.8 Å². The molecule has 0 unspecified atom stereocenters. The third-order valence-corrected chi connectivity index (χ3v) is 6.18. The van der Waals surface area contributed by atoms with Crippen molar-refractivity contribution in [2.75, 3.05) is 18.5 Å². The zero-order chi connectivity index (χ0) is 19.3. The van der Waals surface area contributed by atoms with Crippen molar-refractivity contribution in [2.45, 2.75) is 25.7 Å². The van der Waals surface area contributed by atoms with E-state index in [4.69, 9.17) is 5.26 Å². The van der Waals surface area contributed by atoms with E-state index in [0.717, 1.165) is 11.3 Å². The van der Waals surface area contributed by atoms with E-state index in [1.165, 1.54) is 16.6 Å². The highest BCUT2D eigenvalue weighted by Crippen LogP contribution is 2.16. The zero-order valence-electron chi connectivity index (χ0n) is 15.3. The quantitative estimate of drug-likeness (QED) is 0.590. The second-order valence-corrected chi connectivity index (χ2v) is 7.52. The Balaban J connectivity index is 2.12. The highest BCUT2D eigenvalue weighted by Gasteiger charge is 2.21. The molecule has 2 aromatic heterocycles. The molecule has 0 fully saturated rings. The minimum Gasteiger partial charge on any atom is -0.339 e. The number of nitrogens with zero attached hydrogens (tertiary/aromatic N) is 5. The molecule has 2 heterocycles. The molecule has 0 spiro atoms. The fraction of sp³-hybridized carbons (Fsp3) is 0.353. The SMILES string of the molecule is CCN(CC)S(=O)(=O)c1ccc(N/N=C/c2cc(C#N)n(C)c2C)nc1. The second kappa shape index (κ2) is 8.12. The molecule has 138 valence electrons. The molecule has 1 N–H and O–H groups in total. The van der Waals surface area contributed by atoms with Crippen LogP contribution in [-0.4, -0.2) is 41.6 Å². The van der Waals surface area contributed by atoms with Crippen LogP contribution >= 0.6 is 0 Å². The third kappa shape index (κ3) is 3.92. The van der Waals surface area contributed by atoms with Crippen molar-refractivity contribution in [3.63, 3.8) is 0 Å². The van der Waals surface area contributed by atoms with Gasteiger partial charge in [-0.25, -0.2) is 13.4 Å². The summed E-state index contributed by atoms with van der Waals surface area (Å²) in [5.41, 5.74) is 5.04. The fourth-order valence-corrected chi connectivity index (χ4v) is 3.84. The highest BCUT2D eigenvalue weighted by molar-refractivity contribution is 7.89. The van der Waals surface area contributed by atoms with Crippen LogP contribution < -0.4 is 5.43 Å². The summed E-state index contributed by atoms with van der Waals surface area (Å²) in [4.78, 5) is 4.25. The second-order valence-electron chi connectivity index (χ2n) is 5.58. The Morgan fingerprint density at radius 1 is 1.38 bits per heavy atom. The zero-order valence-corrected chi connectivity index (χ0v) is 16.1. The van der Waals surface area contributed by atoms with Crippen LogP contribution in [0, 0.1) is 18.3 Å². The van der Waals surface area contributed by atoms with Crippen molar-refractivity contribution in [1.82, 2.24) is 13.9 Å². The molecule has 0 saturated carbocycles.